The molecule has 0 rings (SSSR count). The number of halogens is 7. The van der Waals surface area contributed by atoms with Crippen LogP contribution in [0.5, 0.6) is 0 Å². The van der Waals surface area contributed by atoms with Crippen molar-refractivity contribution in [2.24, 2.45) is 0 Å². The van der Waals surface area contributed by atoms with Crippen molar-refractivity contribution < 1.29 is 40.3 Å². The first-order chi connectivity index (χ1) is 7.95. The fourth-order valence-corrected chi connectivity index (χ4v) is 0.749. The van der Waals surface area contributed by atoms with E-state index >= 15 is 0 Å². The summed E-state index contributed by atoms with van der Waals surface area (Å²) < 4.78 is 88.9. The van der Waals surface area contributed by atoms with Crippen LogP contribution < -0.4 is 0 Å². The predicted molar refractivity (Wildman–Crippen MR) is 46.2 cm³/mol. The summed E-state index contributed by atoms with van der Waals surface area (Å²) in [6.45, 7) is 1.99. The average molecular weight is 280 g/mol. The Bertz CT molecular complexity index is 326. The fraction of sp³-hybridized carbons (Fsp3) is 0.444. The van der Waals surface area contributed by atoms with Crippen LogP contribution in [0.25, 0.3) is 0 Å². The van der Waals surface area contributed by atoms with E-state index in [9.17, 15) is 35.5 Å². The summed E-state index contributed by atoms with van der Waals surface area (Å²) in [6, 6.07) is 0. The number of hydrogen-bond acceptors (Lipinski definition) is 2. The van der Waals surface area contributed by atoms with Crippen molar-refractivity contribution in [2.75, 3.05) is 6.61 Å². The van der Waals surface area contributed by atoms with Crippen molar-refractivity contribution in [3.63, 3.8) is 0 Å². The largest absolute Gasteiger partial charge is 0.458 e. The van der Waals surface area contributed by atoms with E-state index in [2.05, 4.69) is 11.3 Å². The maximum absolute atomic E-state index is 12.9. The van der Waals surface area contributed by atoms with Gasteiger partial charge in [0.15, 0.2) is 0 Å². The lowest BCUT2D eigenvalue weighted by Crippen LogP contribution is -2.51. The van der Waals surface area contributed by atoms with E-state index < -0.39 is 36.7 Å². The van der Waals surface area contributed by atoms with Crippen molar-refractivity contribution in [1.82, 2.24) is 0 Å². The molecule has 104 valence electrons. The molecule has 0 fully saturated rings. The number of rotatable bonds is 4. The van der Waals surface area contributed by atoms with Crippen LogP contribution in [0.2, 0.25) is 0 Å². The molecule has 0 aromatic carbocycles. The molecule has 18 heavy (non-hydrogen) atoms. The molecule has 0 aliphatic rings. The van der Waals surface area contributed by atoms with Gasteiger partial charge in [0.05, 0.1) is 0 Å². The maximum Gasteiger partial charge on any atom is 0.435 e. The summed E-state index contributed by atoms with van der Waals surface area (Å²) in [7, 11) is 0. The van der Waals surface area contributed by atoms with Gasteiger partial charge in [0.2, 0.25) is 0 Å². The molecule has 0 bridgehead atoms. The lowest BCUT2D eigenvalue weighted by molar-refractivity contribution is -0.322. The zero-order chi connectivity index (χ0) is 14.6. The molecule has 0 atom stereocenters. The van der Waals surface area contributed by atoms with Gasteiger partial charge in [-0.2, -0.15) is 26.3 Å². The fourth-order valence-electron chi connectivity index (χ4n) is 0.749. The molecule has 0 radical (unpaired) electrons. The lowest BCUT2D eigenvalue weighted by Gasteiger charge is -2.26. The van der Waals surface area contributed by atoms with Crippen LogP contribution in [0, 0.1) is 0 Å². The Labute approximate surface area is 96.7 Å². The van der Waals surface area contributed by atoms with E-state index in [1.165, 1.54) is 0 Å². The molecule has 0 aliphatic carbocycles. The highest BCUT2D eigenvalue weighted by Gasteiger charge is 2.71. The second-order valence-corrected chi connectivity index (χ2v) is 2.94. The summed E-state index contributed by atoms with van der Waals surface area (Å²) in [5.41, 5.74) is -5.49. The molecule has 0 heterocycles. The number of ether oxygens (including phenoxy) is 1. The van der Waals surface area contributed by atoms with Gasteiger partial charge in [-0.1, -0.05) is 6.58 Å². The van der Waals surface area contributed by atoms with E-state index in [4.69, 9.17) is 0 Å². The highest BCUT2D eigenvalue weighted by molar-refractivity contribution is 5.81. The first kappa shape index (κ1) is 16.5. The van der Waals surface area contributed by atoms with E-state index in [1.807, 2.05) is 0 Å². The maximum atomic E-state index is 12.9. The Kier molecular flexibility index (Phi) is 4.94. The standard InChI is InChI=1S/C9H7F7O2/c1-2-6(17)18-5-3-4-7(10,8(11,12)13)9(14,15)16/h2-4H,1,5H2/b4-3+. The summed E-state index contributed by atoms with van der Waals surface area (Å²) in [6.07, 6.45) is -12.3. The average Bonchev–Trinajstić information content (AvgIpc) is 2.20. The summed E-state index contributed by atoms with van der Waals surface area (Å²) in [4.78, 5) is 10.4. The molecule has 0 aliphatic heterocycles. The van der Waals surface area contributed by atoms with Crippen LogP contribution in [-0.2, 0) is 9.53 Å². The Balaban J connectivity index is 4.89. The van der Waals surface area contributed by atoms with Gasteiger partial charge in [0.25, 0.3) is 0 Å². The van der Waals surface area contributed by atoms with Gasteiger partial charge in [0, 0.05) is 6.08 Å². The Morgan fingerprint density at radius 3 is 1.83 bits per heavy atom. The third-order valence-electron chi connectivity index (χ3n) is 1.66. The van der Waals surface area contributed by atoms with Gasteiger partial charge in [0.1, 0.15) is 6.61 Å². The summed E-state index contributed by atoms with van der Waals surface area (Å²) >= 11 is 0. The van der Waals surface area contributed by atoms with Gasteiger partial charge < -0.3 is 4.74 Å². The van der Waals surface area contributed by atoms with Crippen molar-refractivity contribution in [1.29, 1.82) is 0 Å². The number of allylic oxidation sites excluding steroid dienone is 1. The Morgan fingerprint density at radius 2 is 1.50 bits per heavy atom. The summed E-state index contributed by atoms with van der Waals surface area (Å²) in [5.74, 6) is -1.07. The first-order valence-corrected chi connectivity index (χ1v) is 4.25. The molecule has 0 saturated heterocycles. The predicted octanol–water partition coefficient (Wildman–Crippen LogP) is 3.10. The number of hydrogen-bond donors (Lipinski definition) is 0. The zero-order valence-electron chi connectivity index (χ0n) is 8.61. The second-order valence-electron chi connectivity index (χ2n) is 2.94. The molecule has 0 unspecified atom stereocenters. The van der Waals surface area contributed by atoms with Crippen LogP contribution in [0.4, 0.5) is 30.7 Å². The van der Waals surface area contributed by atoms with E-state index in [0.29, 0.717) is 6.08 Å². The quantitative estimate of drug-likeness (QED) is 0.342. The second kappa shape index (κ2) is 5.40. The highest BCUT2D eigenvalue weighted by Crippen LogP contribution is 2.47. The number of carbonyl (C=O) groups is 1. The van der Waals surface area contributed by atoms with Gasteiger partial charge >= 0.3 is 24.0 Å². The van der Waals surface area contributed by atoms with Gasteiger partial charge in [-0.15, -0.1) is 0 Å². The van der Waals surface area contributed by atoms with Crippen LogP contribution >= 0.6 is 0 Å². The molecule has 0 amide bonds. The van der Waals surface area contributed by atoms with Gasteiger partial charge in [-0.25, -0.2) is 9.18 Å². The molecule has 0 N–H and O–H groups in total. The third kappa shape index (κ3) is 3.74. The summed E-state index contributed by atoms with van der Waals surface area (Å²) in [5, 5.41) is 0. The minimum absolute atomic E-state index is 0.113. The highest BCUT2D eigenvalue weighted by atomic mass is 19.4. The normalized spacial score (nSPS) is 13.7. The van der Waals surface area contributed by atoms with Crippen molar-refractivity contribution in [3.8, 4) is 0 Å². The first-order valence-electron chi connectivity index (χ1n) is 4.25. The van der Waals surface area contributed by atoms with Crippen LogP contribution in [0.1, 0.15) is 0 Å². The van der Waals surface area contributed by atoms with Gasteiger partial charge in [-0.3, -0.25) is 0 Å². The van der Waals surface area contributed by atoms with E-state index in [-0.39, 0.29) is 6.08 Å². The van der Waals surface area contributed by atoms with Crippen LogP contribution in [-0.4, -0.2) is 30.6 Å². The molecular weight excluding hydrogens is 273 g/mol. The van der Waals surface area contributed by atoms with Crippen molar-refractivity contribution in [3.05, 3.63) is 24.8 Å². The molecule has 0 aromatic heterocycles. The molecule has 0 aromatic rings. The van der Waals surface area contributed by atoms with E-state index in [1.54, 1.807) is 0 Å². The molecular formula is C9H7F7O2. The van der Waals surface area contributed by atoms with Crippen LogP contribution in [0.15, 0.2) is 24.8 Å². The van der Waals surface area contributed by atoms with Gasteiger partial charge in [-0.05, 0) is 12.2 Å². The minimum Gasteiger partial charge on any atom is -0.458 e. The molecule has 0 spiro atoms. The molecule has 2 nitrogen and oxygen atoms in total. The molecule has 0 saturated carbocycles. The minimum atomic E-state index is -6.16. The topological polar surface area (TPSA) is 26.3 Å². The molecule has 9 heteroatoms. The smallest absolute Gasteiger partial charge is 0.435 e. The number of alkyl halides is 7. The Morgan fingerprint density at radius 1 is 1.06 bits per heavy atom. The SMILES string of the molecule is C=CC(=O)OC/C=C/C(F)(C(F)(F)F)C(F)(F)F. The Hall–Kier alpha value is -1.54. The monoisotopic (exact) mass is 280 g/mol. The number of carbonyl (C=O) groups excluding carboxylic acids is 1. The van der Waals surface area contributed by atoms with Crippen molar-refractivity contribution >= 4 is 5.97 Å². The number of esters is 1. The van der Waals surface area contributed by atoms with E-state index in [0.717, 1.165) is 0 Å². The lowest BCUT2D eigenvalue weighted by atomic mass is 10.0. The van der Waals surface area contributed by atoms with Crippen molar-refractivity contribution in [2.45, 2.75) is 18.0 Å². The van der Waals surface area contributed by atoms with Crippen LogP contribution in [0.3, 0.4) is 0 Å². The third-order valence-corrected chi connectivity index (χ3v) is 1.66. The zero-order valence-corrected chi connectivity index (χ0v) is 8.61.